The van der Waals surface area contributed by atoms with Gasteiger partial charge in [-0.05, 0) is 31.1 Å². The zero-order valence-electron chi connectivity index (χ0n) is 8.63. The Balaban J connectivity index is 2.64. The van der Waals surface area contributed by atoms with E-state index in [1.807, 2.05) is 18.2 Å². The minimum absolute atomic E-state index is 0.609. The molecule has 1 heterocycles. The van der Waals surface area contributed by atoms with Crippen molar-refractivity contribution in [2.45, 2.75) is 13.8 Å². The van der Waals surface area contributed by atoms with Crippen molar-refractivity contribution in [1.82, 2.24) is 0 Å². The van der Waals surface area contributed by atoms with Crippen LogP contribution in [0.1, 0.15) is 19.4 Å². The van der Waals surface area contributed by atoms with E-state index < -0.39 is 0 Å². The molecule has 0 N–H and O–H groups in total. The maximum atomic E-state index is 5.58. The number of hydrogen-bond acceptors (Lipinski definition) is 1. The van der Waals surface area contributed by atoms with Gasteiger partial charge in [0.15, 0.2) is 0 Å². The summed E-state index contributed by atoms with van der Waals surface area (Å²) < 4.78 is 5.58. The van der Waals surface area contributed by atoms with Crippen molar-refractivity contribution in [2.24, 2.45) is 0 Å². The molecule has 0 aliphatic carbocycles. The molecule has 1 aromatic rings. The first kappa shape index (κ1) is 9.07. The van der Waals surface area contributed by atoms with Crippen LogP contribution in [0.5, 0.6) is 5.75 Å². The van der Waals surface area contributed by atoms with Crippen LogP contribution in [0.2, 0.25) is 0 Å². The van der Waals surface area contributed by atoms with Crippen molar-refractivity contribution < 1.29 is 4.74 Å². The molecule has 1 nitrogen and oxygen atoms in total. The molecule has 1 heteroatoms. The number of fused-ring (bicyclic) bond motifs is 1. The van der Waals surface area contributed by atoms with Crippen LogP contribution in [0.15, 0.2) is 42.0 Å². The van der Waals surface area contributed by atoms with Gasteiger partial charge in [-0.15, -0.1) is 0 Å². The third kappa shape index (κ3) is 1.35. The van der Waals surface area contributed by atoms with E-state index in [1.54, 1.807) is 0 Å². The zero-order chi connectivity index (χ0) is 10.1. The SMILES string of the molecule is C=C1COc2ccccc2C1=C(C)C. The van der Waals surface area contributed by atoms with Crippen LogP contribution in [-0.2, 0) is 0 Å². The van der Waals surface area contributed by atoms with Gasteiger partial charge in [0, 0.05) is 5.56 Å². The Hall–Kier alpha value is -1.50. The van der Waals surface area contributed by atoms with Gasteiger partial charge in [-0.1, -0.05) is 30.4 Å². The molecule has 14 heavy (non-hydrogen) atoms. The highest BCUT2D eigenvalue weighted by atomic mass is 16.5. The Labute approximate surface area is 84.7 Å². The van der Waals surface area contributed by atoms with Gasteiger partial charge in [0.25, 0.3) is 0 Å². The molecule has 0 saturated carbocycles. The van der Waals surface area contributed by atoms with Crippen molar-refractivity contribution in [3.8, 4) is 5.75 Å². The monoisotopic (exact) mass is 186 g/mol. The zero-order valence-corrected chi connectivity index (χ0v) is 8.63. The van der Waals surface area contributed by atoms with E-state index in [0.29, 0.717) is 6.61 Å². The van der Waals surface area contributed by atoms with Crippen LogP contribution in [-0.4, -0.2) is 6.61 Å². The normalized spacial score (nSPS) is 14.7. The first-order chi connectivity index (χ1) is 6.70. The molecule has 0 amide bonds. The van der Waals surface area contributed by atoms with Crippen molar-refractivity contribution in [3.05, 3.63) is 47.6 Å². The van der Waals surface area contributed by atoms with E-state index in [-0.39, 0.29) is 0 Å². The van der Waals surface area contributed by atoms with Crippen molar-refractivity contribution >= 4 is 5.57 Å². The number of hydrogen-bond donors (Lipinski definition) is 0. The summed E-state index contributed by atoms with van der Waals surface area (Å²) in [4.78, 5) is 0. The largest absolute Gasteiger partial charge is 0.488 e. The van der Waals surface area contributed by atoms with Gasteiger partial charge < -0.3 is 4.74 Å². The number of para-hydroxylation sites is 1. The molecule has 1 aliphatic heterocycles. The van der Waals surface area contributed by atoms with Crippen LogP contribution in [0.25, 0.3) is 5.57 Å². The maximum absolute atomic E-state index is 5.58. The van der Waals surface area contributed by atoms with Crippen molar-refractivity contribution in [3.63, 3.8) is 0 Å². The number of ether oxygens (including phenoxy) is 1. The molecule has 0 bridgehead atoms. The van der Waals surface area contributed by atoms with Gasteiger partial charge >= 0.3 is 0 Å². The van der Waals surface area contributed by atoms with E-state index >= 15 is 0 Å². The fourth-order valence-electron chi connectivity index (χ4n) is 1.85. The molecular formula is C13H14O. The average molecular weight is 186 g/mol. The Bertz CT molecular complexity index is 409. The molecule has 0 saturated heterocycles. The van der Waals surface area contributed by atoms with E-state index in [2.05, 4.69) is 26.5 Å². The molecule has 0 fully saturated rings. The number of benzene rings is 1. The third-order valence-corrected chi connectivity index (χ3v) is 2.41. The molecule has 0 aromatic heterocycles. The van der Waals surface area contributed by atoms with Gasteiger partial charge in [0.05, 0.1) is 0 Å². The summed E-state index contributed by atoms with van der Waals surface area (Å²) in [6.07, 6.45) is 0. The van der Waals surface area contributed by atoms with E-state index in [4.69, 9.17) is 4.74 Å². The van der Waals surface area contributed by atoms with E-state index in [9.17, 15) is 0 Å². The Morgan fingerprint density at radius 3 is 2.71 bits per heavy atom. The molecule has 0 spiro atoms. The minimum atomic E-state index is 0.609. The van der Waals surface area contributed by atoms with Gasteiger partial charge in [-0.25, -0.2) is 0 Å². The van der Waals surface area contributed by atoms with Gasteiger partial charge in [0.1, 0.15) is 12.4 Å². The predicted octanol–water partition coefficient (Wildman–Crippen LogP) is 3.43. The number of allylic oxidation sites excluding steroid dienone is 1. The fourth-order valence-corrected chi connectivity index (χ4v) is 1.85. The first-order valence-corrected chi connectivity index (χ1v) is 4.78. The molecule has 0 unspecified atom stereocenters. The Morgan fingerprint density at radius 2 is 2.00 bits per heavy atom. The summed E-state index contributed by atoms with van der Waals surface area (Å²) in [7, 11) is 0. The molecule has 1 aliphatic rings. The summed E-state index contributed by atoms with van der Waals surface area (Å²) in [5.41, 5.74) is 4.80. The molecular weight excluding hydrogens is 172 g/mol. The molecule has 1 aromatic carbocycles. The van der Waals surface area contributed by atoms with Crippen LogP contribution >= 0.6 is 0 Å². The maximum Gasteiger partial charge on any atom is 0.127 e. The average Bonchev–Trinajstić information content (AvgIpc) is 2.17. The summed E-state index contributed by atoms with van der Waals surface area (Å²) >= 11 is 0. The molecule has 72 valence electrons. The van der Waals surface area contributed by atoms with E-state index in [1.165, 1.54) is 16.7 Å². The molecule has 0 atom stereocenters. The summed E-state index contributed by atoms with van der Waals surface area (Å²) in [6.45, 7) is 8.87. The first-order valence-electron chi connectivity index (χ1n) is 4.78. The van der Waals surface area contributed by atoms with Crippen LogP contribution < -0.4 is 4.74 Å². The van der Waals surface area contributed by atoms with Crippen LogP contribution in [0.3, 0.4) is 0 Å². The van der Waals surface area contributed by atoms with E-state index in [0.717, 1.165) is 11.3 Å². The lowest BCUT2D eigenvalue weighted by Crippen LogP contribution is -2.11. The summed E-state index contributed by atoms with van der Waals surface area (Å²) in [6, 6.07) is 8.12. The van der Waals surface area contributed by atoms with Crippen LogP contribution in [0.4, 0.5) is 0 Å². The van der Waals surface area contributed by atoms with Crippen LogP contribution in [0, 0.1) is 0 Å². The third-order valence-electron chi connectivity index (χ3n) is 2.41. The van der Waals surface area contributed by atoms with Crippen molar-refractivity contribution in [1.29, 1.82) is 0 Å². The predicted molar refractivity (Wildman–Crippen MR) is 59.3 cm³/mol. The fraction of sp³-hybridized carbons (Fsp3) is 0.231. The lowest BCUT2D eigenvalue weighted by molar-refractivity contribution is 0.349. The standard InChI is InChI=1S/C13H14O/c1-9(2)13-10(3)8-14-12-7-5-4-6-11(12)13/h4-7H,3,8H2,1-2H3. The summed E-state index contributed by atoms with van der Waals surface area (Å²) in [5, 5.41) is 0. The van der Waals surface area contributed by atoms with Gasteiger partial charge in [-0.3, -0.25) is 0 Å². The lowest BCUT2D eigenvalue weighted by atomic mass is 9.93. The highest BCUT2D eigenvalue weighted by molar-refractivity contribution is 5.85. The minimum Gasteiger partial charge on any atom is -0.488 e. The quantitative estimate of drug-likeness (QED) is 0.603. The van der Waals surface area contributed by atoms with Gasteiger partial charge in [-0.2, -0.15) is 0 Å². The topological polar surface area (TPSA) is 9.23 Å². The number of rotatable bonds is 0. The summed E-state index contributed by atoms with van der Waals surface area (Å²) in [5.74, 6) is 0.969. The molecule has 0 radical (unpaired) electrons. The Morgan fingerprint density at radius 1 is 1.29 bits per heavy atom. The second-order valence-corrected chi connectivity index (χ2v) is 3.76. The highest BCUT2D eigenvalue weighted by Gasteiger charge is 2.18. The smallest absolute Gasteiger partial charge is 0.127 e. The van der Waals surface area contributed by atoms with Gasteiger partial charge in [0.2, 0.25) is 0 Å². The second kappa shape index (κ2) is 3.33. The van der Waals surface area contributed by atoms with Crippen molar-refractivity contribution in [2.75, 3.05) is 6.61 Å². The molecule has 2 rings (SSSR count). The Kier molecular flexibility index (Phi) is 2.16. The lowest BCUT2D eigenvalue weighted by Gasteiger charge is -2.23. The highest BCUT2D eigenvalue weighted by Crippen LogP contribution is 2.36. The second-order valence-electron chi connectivity index (χ2n) is 3.76.